The smallest absolute Gasteiger partial charge is 0.179 e. The van der Waals surface area contributed by atoms with Crippen LogP contribution in [0.15, 0.2) is 82.3 Å². The molecule has 0 aromatic carbocycles. The first kappa shape index (κ1) is 38.7. The van der Waals surface area contributed by atoms with Crippen LogP contribution in [0.25, 0.3) is 0 Å². The molecule has 0 amide bonds. The second-order valence-electron chi connectivity index (χ2n) is 21.3. The number of nitrogens with one attached hydrogen (secondary N) is 2. The lowest BCUT2D eigenvalue weighted by atomic mass is 9.76. The molecule has 6 heteroatoms. The number of hydrogen-bond acceptors (Lipinski definition) is 4. The van der Waals surface area contributed by atoms with E-state index in [2.05, 4.69) is 95.1 Å². The van der Waals surface area contributed by atoms with Crippen molar-refractivity contribution in [1.82, 2.24) is 14.8 Å². The van der Waals surface area contributed by atoms with E-state index in [4.69, 9.17) is 0 Å². The summed E-state index contributed by atoms with van der Waals surface area (Å²) in [5.41, 5.74) is 16.3. The van der Waals surface area contributed by atoms with E-state index in [-0.39, 0.29) is 23.5 Å². The summed E-state index contributed by atoms with van der Waals surface area (Å²) < 4.78 is 2.81. The molecule has 2 aliphatic heterocycles. The molecule has 2 N–H and O–H groups in total. The molecule has 11 aliphatic rings. The van der Waals surface area contributed by atoms with Gasteiger partial charge in [-0.25, -0.2) is 5.32 Å². The average Bonchev–Trinajstić information content (AvgIpc) is 3.74. The Kier molecular flexibility index (Phi) is 9.91. The molecule has 4 fully saturated rings. The second-order valence-corrected chi connectivity index (χ2v) is 22.8. The predicted molar refractivity (Wildman–Crippen MR) is 245 cm³/mol. The Morgan fingerprint density at radius 3 is 2.32 bits per heavy atom. The van der Waals surface area contributed by atoms with E-state index in [0.717, 1.165) is 12.8 Å². The third-order valence-corrected chi connectivity index (χ3v) is 19.6. The van der Waals surface area contributed by atoms with Crippen LogP contribution in [0.2, 0.25) is 0 Å². The summed E-state index contributed by atoms with van der Waals surface area (Å²) in [5, 5.41) is 17.2. The van der Waals surface area contributed by atoms with Crippen LogP contribution in [0.4, 0.5) is 0 Å². The van der Waals surface area contributed by atoms with Crippen LogP contribution in [0.1, 0.15) is 158 Å². The number of allylic oxidation sites excluding steroid dienone is 10. The standard InChI is InChI=1S/C54H69N5S/c1-54(2)41-23-9-6-19-36(41)39-22-16-28-46(51(39)54)59-52(34-17-4-3-5-18-34)56-53(59)40-31-35(33-55)47(57-42-24-10-7-20-37(42)38-21-8-11-25-43(38)57)32-48(40)58-44-26-12-14-29-49(44)60-50-30-15-13-27-45(50)58/h4,12,17,22-23,26,31-32,34-36,44-45,47,49-50,52-53,56H,3,5-11,13-16,18-21,24-25,27-30H2,1-2H3/p+1. The van der Waals surface area contributed by atoms with Gasteiger partial charge in [-0.3, -0.25) is 4.90 Å². The SMILES string of the molecule is CC1(C)C2=CCCCC2C2=CCCC([NH+]3C(C4=CC(C#N)C(n5c6c(c7c5CCCC7)CCCC6)C=C4N4C5C=CCCC5SC5CCCCC54)NC3C3C=CCCC3)=C21. The quantitative estimate of drug-likeness (QED) is 0.291. The first-order valence-corrected chi connectivity index (χ1v) is 26.1. The molecule has 1 aromatic rings. The highest BCUT2D eigenvalue weighted by molar-refractivity contribution is 8.00. The molecule has 11 unspecified atom stereocenters. The topological polar surface area (TPSA) is 48.4 Å². The molecule has 11 atom stereocenters. The van der Waals surface area contributed by atoms with Gasteiger partial charge >= 0.3 is 0 Å². The summed E-state index contributed by atoms with van der Waals surface area (Å²) in [6.07, 6.45) is 49.1. The molecule has 2 saturated carbocycles. The van der Waals surface area contributed by atoms with Gasteiger partial charge in [0.05, 0.1) is 24.1 Å². The Morgan fingerprint density at radius 1 is 0.733 bits per heavy atom. The molecule has 2 saturated heterocycles. The highest BCUT2D eigenvalue weighted by Crippen LogP contribution is 2.59. The number of nitriles is 1. The van der Waals surface area contributed by atoms with E-state index in [0.29, 0.717) is 40.6 Å². The van der Waals surface area contributed by atoms with Gasteiger partial charge in [-0.15, -0.1) is 0 Å². The first-order valence-electron chi connectivity index (χ1n) is 25.1. The lowest BCUT2D eigenvalue weighted by Crippen LogP contribution is -3.30. The van der Waals surface area contributed by atoms with Crippen LogP contribution < -0.4 is 10.2 Å². The predicted octanol–water partition coefficient (Wildman–Crippen LogP) is 10.4. The van der Waals surface area contributed by atoms with Gasteiger partial charge in [0.25, 0.3) is 0 Å². The molecule has 60 heavy (non-hydrogen) atoms. The van der Waals surface area contributed by atoms with Crippen molar-refractivity contribution in [1.29, 1.82) is 5.26 Å². The first-order chi connectivity index (χ1) is 29.5. The minimum absolute atomic E-state index is 0.0563. The van der Waals surface area contributed by atoms with Gasteiger partial charge in [0.2, 0.25) is 0 Å². The number of aromatic nitrogens is 1. The van der Waals surface area contributed by atoms with Crippen molar-refractivity contribution in [2.75, 3.05) is 0 Å². The summed E-state index contributed by atoms with van der Waals surface area (Å²) >= 11 is 2.36. The maximum Gasteiger partial charge on any atom is 0.179 e. The monoisotopic (exact) mass is 821 g/mol. The molecule has 316 valence electrons. The number of thioether (sulfide) groups is 1. The lowest BCUT2D eigenvalue weighted by Gasteiger charge is -2.57. The number of hydrogen-bond donors (Lipinski definition) is 2. The molecule has 3 heterocycles. The van der Waals surface area contributed by atoms with Gasteiger partial charge in [-0.2, -0.15) is 17.0 Å². The van der Waals surface area contributed by atoms with Crippen molar-refractivity contribution in [2.45, 2.75) is 196 Å². The molecule has 1 aromatic heterocycles. The van der Waals surface area contributed by atoms with Crippen LogP contribution >= 0.6 is 11.8 Å². The maximum atomic E-state index is 11.5. The number of quaternary nitrogens is 1. The third-order valence-electron chi connectivity index (χ3n) is 17.8. The Morgan fingerprint density at radius 2 is 1.52 bits per heavy atom. The minimum atomic E-state index is -0.181. The maximum absolute atomic E-state index is 11.5. The van der Waals surface area contributed by atoms with Gasteiger partial charge in [0.1, 0.15) is 5.70 Å². The molecule has 12 rings (SSSR count). The second kappa shape index (κ2) is 15.4. The van der Waals surface area contributed by atoms with E-state index in [1.165, 1.54) is 140 Å². The highest BCUT2D eigenvalue weighted by Gasteiger charge is 2.58. The molecule has 5 nitrogen and oxygen atoms in total. The van der Waals surface area contributed by atoms with Crippen molar-refractivity contribution in [2.24, 2.45) is 23.2 Å². The molecular formula is C54H70N5S+. The summed E-state index contributed by atoms with van der Waals surface area (Å²) in [4.78, 5) is 4.73. The Labute approximate surface area is 365 Å². The van der Waals surface area contributed by atoms with Crippen LogP contribution in [0, 0.1) is 34.5 Å². The van der Waals surface area contributed by atoms with E-state index in [9.17, 15) is 5.26 Å². The number of rotatable bonds is 5. The van der Waals surface area contributed by atoms with Crippen molar-refractivity contribution in [3.8, 4) is 6.07 Å². The van der Waals surface area contributed by atoms with Crippen LogP contribution in [-0.2, 0) is 25.7 Å². The van der Waals surface area contributed by atoms with Gasteiger partial charge in [0, 0.05) is 68.4 Å². The van der Waals surface area contributed by atoms with Crippen LogP contribution in [-0.4, -0.2) is 44.4 Å². The zero-order valence-electron chi connectivity index (χ0n) is 36.7. The van der Waals surface area contributed by atoms with E-state index in [1.807, 2.05) is 0 Å². The number of fused-ring (bicyclic) bond motifs is 8. The van der Waals surface area contributed by atoms with E-state index < -0.39 is 0 Å². The van der Waals surface area contributed by atoms with Crippen molar-refractivity contribution in [3.05, 3.63) is 105 Å². The van der Waals surface area contributed by atoms with Crippen LogP contribution in [0.3, 0.4) is 0 Å². The summed E-state index contributed by atoms with van der Waals surface area (Å²) in [6, 6.07) is 4.04. The normalized spacial score (nSPS) is 39.0. The fourth-order valence-corrected chi connectivity index (χ4v) is 17.1. The van der Waals surface area contributed by atoms with Gasteiger partial charge in [0.15, 0.2) is 12.3 Å². The Balaban J connectivity index is 1.04. The summed E-state index contributed by atoms with van der Waals surface area (Å²) in [5.74, 6) is 0.960. The third kappa shape index (κ3) is 5.97. The Hall–Kier alpha value is -2.98. The summed E-state index contributed by atoms with van der Waals surface area (Å²) in [7, 11) is 0. The van der Waals surface area contributed by atoms with Gasteiger partial charge in [-0.1, -0.05) is 74.8 Å². The van der Waals surface area contributed by atoms with Gasteiger partial charge < -0.3 is 9.47 Å². The Bertz CT molecular complexity index is 2150. The average molecular weight is 821 g/mol. The molecule has 9 aliphatic carbocycles. The fourth-order valence-electron chi connectivity index (χ4n) is 15.3. The summed E-state index contributed by atoms with van der Waals surface area (Å²) in [6.45, 7) is 5.14. The molecule has 0 radical (unpaired) electrons. The largest absolute Gasteiger partial charge is 0.360 e. The van der Waals surface area contributed by atoms with Gasteiger partial charge in [-0.05, 0) is 145 Å². The van der Waals surface area contributed by atoms with Crippen molar-refractivity contribution >= 4 is 11.8 Å². The van der Waals surface area contributed by atoms with E-state index in [1.54, 1.807) is 49.8 Å². The zero-order valence-corrected chi connectivity index (χ0v) is 37.5. The molecule has 0 bridgehead atoms. The fraction of sp³-hybridized carbons (Fsp3) is 0.648. The van der Waals surface area contributed by atoms with E-state index >= 15 is 0 Å². The minimum Gasteiger partial charge on any atom is -0.360 e. The van der Waals surface area contributed by atoms with Crippen LogP contribution in [0.5, 0.6) is 0 Å². The number of nitrogens with zero attached hydrogens (tertiary/aromatic N) is 3. The van der Waals surface area contributed by atoms with Crippen molar-refractivity contribution < 1.29 is 4.90 Å². The highest BCUT2D eigenvalue weighted by atomic mass is 32.2. The van der Waals surface area contributed by atoms with Crippen molar-refractivity contribution in [3.63, 3.8) is 0 Å². The molecular weight excluding hydrogens is 751 g/mol. The zero-order chi connectivity index (χ0) is 40.1. The molecule has 0 spiro atoms. The lowest BCUT2D eigenvalue weighted by molar-refractivity contribution is -0.969.